The summed E-state index contributed by atoms with van der Waals surface area (Å²) >= 11 is 0. The Bertz CT molecular complexity index is 647. The first-order chi connectivity index (χ1) is 9.79. The molecule has 112 valence electrons. The third-order valence-electron chi connectivity index (χ3n) is 3.28. The summed E-state index contributed by atoms with van der Waals surface area (Å²) in [5.41, 5.74) is 2.34. The van der Waals surface area contributed by atoms with Crippen molar-refractivity contribution >= 4 is 5.97 Å². The van der Waals surface area contributed by atoms with Gasteiger partial charge in [0.05, 0.1) is 6.26 Å². The van der Waals surface area contributed by atoms with Crippen molar-refractivity contribution in [2.24, 2.45) is 0 Å². The van der Waals surface area contributed by atoms with Crippen LogP contribution < -0.4 is 4.74 Å². The lowest BCUT2D eigenvalue weighted by molar-refractivity contribution is 0.0691. The van der Waals surface area contributed by atoms with Crippen LogP contribution >= 0.6 is 0 Å². The van der Waals surface area contributed by atoms with Crippen molar-refractivity contribution in [3.8, 4) is 5.75 Å². The van der Waals surface area contributed by atoms with Crippen molar-refractivity contribution in [2.45, 2.75) is 39.7 Å². The Morgan fingerprint density at radius 1 is 1.29 bits per heavy atom. The van der Waals surface area contributed by atoms with Gasteiger partial charge in [0.25, 0.3) is 0 Å². The monoisotopic (exact) mass is 288 g/mol. The molecule has 1 heterocycles. The molecule has 1 N–H and O–H groups in total. The van der Waals surface area contributed by atoms with Gasteiger partial charge >= 0.3 is 5.97 Å². The van der Waals surface area contributed by atoms with Gasteiger partial charge in [-0.25, -0.2) is 4.79 Å². The number of carboxylic acid groups (broad SMARTS) is 1. The minimum Gasteiger partial charge on any atom is -0.485 e. The second-order valence-corrected chi connectivity index (χ2v) is 6.10. The van der Waals surface area contributed by atoms with Gasteiger partial charge in [0.2, 0.25) is 0 Å². The summed E-state index contributed by atoms with van der Waals surface area (Å²) in [5, 5.41) is 9.06. The highest BCUT2D eigenvalue weighted by atomic mass is 16.5. The lowest BCUT2D eigenvalue weighted by Crippen LogP contribution is -2.14. The van der Waals surface area contributed by atoms with E-state index in [0.717, 1.165) is 16.9 Å². The predicted octanol–water partition coefficient (Wildman–Crippen LogP) is 4.16. The van der Waals surface area contributed by atoms with Gasteiger partial charge in [-0.3, -0.25) is 0 Å². The van der Waals surface area contributed by atoms with Crippen molar-refractivity contribution in [1.29, 1.82) is 0 Å². The highest BCUT2D eigenvalue weighted by Gasteiger charge is 2.20. The zero-order valence-corrected chi connectivity index (χ0v) is 12.8. The Balaban J connectivity index is 2.24. The van der Waals surface area contributed by atoms with Gasteiger partial charge < -0.3 is 14.3 Å². The summed E-state index contributed by atoms with van der Waals surface area (Å²) in [4.78, 5) is 11.0. The van der Waals surface area contributed by atoms with Gasteiger partial charge in [-0.15, -0.1) is 0 Å². The molecule has 0 aliphatic rings. The van der Waals surface area contributed by atoms with Gasteiger partial charge in [0.1, 0.15) is 17.9 Å². The fourth-order valence-corrected chi connectivity index (χ4v) is 2.14. The van der Waals surface area contributed by atoms with E-state index in [1.54, 1.807) is 0 Å². The molecule has 0 radical (unpaired) electrons. The summed E-state index contributed by atoms with van der Waals surface area (Å²) in [6.07, 6.45) is 1.36. The molecule has 0 saturated heterocycles. The number of aryl methyl sites for hydroxylation is 1. The first-order valence-electron chi connectivity index (χ1n) is 6.82. The molecule has 1 aromatic carbocycles. The standard InChI is InChI=1S/C17H20O4/c1-11-5-6-14(13(9-11)17(2,3)4)21-10-15-12(16(18)19)7-8-20-15/h5-9H,10H2,1-4H3,(H,18,19). The van der Waals surface area contributed by atoms with E-state index in [-0.39, 0.29) is 17.6 Å². The van der Waals surface area contributed by atoms with Crippen LogP contribution in [-0.4, -0.2) is 11.1 Å². The Labute approximate surface area is 124 Å². The van der Waals surface area contributed by atoms with Crippen LogP contribution in [0.4, 0.5) is 0 Å². The van der Waals surface area contributed by atoms with Gasteiger partial charge in [-0.1, -0.05) is 38.5 Å². The molecule has 4 nitrogen and oxygen atoms in total. The third kappa shape index (κ3) is 3.45. The number of hydrogen-bond donors (Lipinski definition) is 1. The predicted molar refractivity (Wildman–Crippen MR) is 79.9 cm³/mol. The van der Waals surface area contributed by atoms with Gasteiger partial charge in [0.15, 0.2) is 5.76 Å². The molecule has 0 spiro atoms. The molecule has 0 fully saturated rings. The molecule has 2 aromatic rings. The minimum absolute atomic E-state index is 0.0554. The lowest BCUT2D eigenvalue weighted by atomic mass is 9.85. The van der Waals surface area contributed by atoms with E-state index >= 15 is 0 Å². The largest absolute Gasteiger partial charge is 0.485 e. The molecule has 0 aliphatic carbocycles. The maximum Gasteiger partial charge on any atom is 0.339 e. The van der Waals surface area contributed by atoms with Crippen LogP contribution in [0.2, 0.25) is 0 Å². The first kappa shape index (κ1) is 15.2. The highest BCUT2D eigenvalue weighted by Crippen LogP contribution is 2.32. The van der Waals surface area contributed by atoms with Gasteiger partial charge in [-0.05, 0) is 30.0 Å². The first-order valence-corrected chi connectivity index (χ1v) is 6.82. The van der Waals surface area contributed by atoms with Gasteiger partial charge in [0, 0.05) is 0 Å². The highest BCUT2D eigenvalue weighted by molar-refractivity contribution is 5.88. The average Bonchev–Trinajstić information content (AvgIpc) is 2.84. The van der Waals surface area contributed by atoms with Crippen molar-refractivity contribution in [3.63, 3.8) is 0 Å². The molecule has 0 amide bonds. The molecule has 0 bridgehead atoms. The van der Waals surface area contributed by atoms with E-state index in [0.29, 0.717) is 5.76 Å². The second kappa shape index (κ2) is 5.64. The molecular formula is C17H20O4. The number of furan rings is 1. The number of rotatable bonds is 4. The molecule has 0 unspecified atom stereocenters. The molecule has 4 heteroatoms. The second-order valence-electron chi connectivity index (χ2n) is 6.10. The topological polar surface area (TPSA) is 59.7 Å². The van der Waals surface area contributed by atoms with E-state index in [4.69, 9.17) is 14.3 Å². The smallest absolute Gasteiger partial charge is 0.339 e. The zero-order chi connectivity index (χ0) is 15.6. The summed E-state index contributed by atoms with van der Waals surface area (Å²) in [5.74, 6) is 0.0612. The van der Waals surface area contributed by atoms with Gasteiger partial charge in [-0.2, -0.15) is 0 Å². The Hall–Kier alpha value is -2.23. The average molecular weight is 288 g/mol. The van der Waals surface area contributed by atoms with E-state index in [1.165, 1.54) is 12.3 Å². The van der Waals surface area contributed by atoms with Crippen molar-refractivity contribution in [3.05, 3.63) is 53.0 Å². The number of ether oxygens (including phenoxy) is 1. The number of hydrogen-bond acceptors (Lipinski definition) is 3. The Kier molecular flexibility index (Phi) is 4.07. The summed E-state index contributed by atoms with van der Waals surface area (Å²) in [6, 6.07) is 7.42. The molecule has 0 saturated carbocycles. The van der Waals surface area contributed by atoms with Crippen molar-refractivity contribution in [1.82, 2.24) is 0 Å². The Morgan fingerprint density at radius 2 is 2.00 bits per heavy atom. The molecular weight excluding hydrogens is 268 g/mol. The Morgan fingerprint density at radius 3 is 2.62 bits per heavy atom. The van der Waals surface area contributed by atoms with Crippen LogP contribution in [0.1, 0.15) is 48.0 Å². The fourth-order valence-electron chi connectivity index (χ4n) is 2.14. The number of carboxylic acids is 1. The summed E-state index contributed by atoms with van der Waals surface area (Å²) in [6.45, 7) is 8.48. The van der Waals surface area contributed by atoms with Crippen LogP contribution in [-0.2, 0) is 12.0 Å². The molecule has 0 atom stereocenters. The zero-order valence-electron chi connectivity index (χ0n) is 12.8. The maximum atomic E-state index is 11.0. The molecule has 0 aliphatic heterocycles. The third-order valence-corrected chi connectivity index (χ3v) is 3.28. The van der Waals surface area contributed by atoms with Crippen molar-refractivity contribution < 1.29 is 19.1 Å². The SMILES string of the molecule is Cc1ccc(OCc2occc2C(=O)O)c(C(C)(C)C)c1. The molecule has 21 heavy (non-hydrogen) atoms. The number of benzene rings is 1. The van der Waals surface area contributed by atoms with Crippen LogP contribution in [0, 0.1) is 6.92 Å². The lowest BCUT2D eigenvalue weighted by Gasteiger charge is -2.23. The number of carbonyl (C=O) groups is 1. The fraction of sp³-hybridized carbons (Fsp3) is 0.353. The van der Waals surface area contributed by atoms with Crippen molar-refractivity contribution in [2.75, 3.05) is 0 Å². The van der Waals surface area contributed by atoms with E-state index in [9.17, 15) is 4.79 Å². The minimum atomic E-state index is -1.01. The molecule has 2 rings (SSSR count). The number of aromatic carboxylic acids is 1. The maximum absolute atomic E-state index is 11.0. The molecule has 1 aromatic heterocycles. The van der Waals surface area contributed by atoms with E-state index in [1.807, 2.05) is 19.1 Å². The quantitative estimate of drug-likeness (QED) is 0.917. The van der Waals surface area contributed by atoms with Crippen LogP contribution in [0.5, 0.6) is 5.75 Å². The van der Waals surface area contributed by atoms with Crippen LogP contribution in [0.3, 0.4) is 0 Å². The normalized spacial score (nSPS) is 11.4. The van der Waals surface area contributed by atoms with E-state index in [2.05, 4.69) is 26.8 Å². The van der Waals surface area contributed by atoms with Crippen LogP contribution in [0.15, 0.2) is 34.9 Å². The van der Waals surface area contributed by atoms with Crippen LogP contribution in [0.25, 0.3) is 0 Å². The van der Waals surface area contributed by atoms with E-state index < -0.39 is 5.97 Å². The summed E-state index contributed by atoms with van der Waals surface area (Å²) < 4.78 is 11.0. The summed E-state index contributed by atoms with van der Waals surface area (Å²) in [7, 11) is 0.